The molecule has 0 bridgehead atoms. The zero-order valence-electron chi connectivity index (χ0n) is 17.0. The summed E-state index contributed by atoms with van der Waals surface area (Å²) < 4.78 is 45.3. The first-order valence-electron chi connectivity index (χ1n) is 9.45. The second-order valence-electron chi connectivity index (χ2n) is 7.00. The Morgan fingerprint density at radius 2 is 1.81 bits per heavy atom. The average Bonchev–Trinajstić information content (AvgIpc) is 3.14. The lowest BCUT2D eigenvalue weighted by Crippen LogP contribution is -2.30. The van der Waals surface area contributed by atoms with Gasteiger partial charge in [-0.05, 0) is 62.4 Å². The molecule has 3 aromatic rings. The molecule has 0 aliphatic carbocycles. The quantitative estimate of drug-likeness (QED) is 0.504. The highest BCUT2D eigenvalue weighted by atomic mass is 32.2. The van der Waals surface area contributed by atoms with Gasteiger partial charge in [-0.25, -0.2) is 22.5 Å². The van der Waals surface area contributed by atoms with Crippen molar-refractivity contribution in [2.75, 3.05) is 5.32 Å². The summed E-state index contributed by atoms with van der Waals surface area (Å²) >= 11 is 1.37. The van der Waals surface area contributed by atoms with Crippen LogP contribution < -0.4 is 14.8 Å². The highest BCUT2D eigenvalue weighted by molar-refractivity contribution is 7.89. The molecule has 1 aromatic heterocycles. The number of anilines is 1. The van der Waals surface area contributed by atoms with Crippen molar-refractivity contribution in [3.63, 3.8) is 0 Å². The van der Waals surface area contributed by atoms with Gasteiger partial charge in [-0.15, -0.1) is 11.3 Å². The zero-order valence-corrected chi connectivity index (χ0v) is 18.6. The number of halogens is 1. The second kappa shape index (κ2) is 9.99. The summed E-state index contributed by atoms with van der Waals surface area (Å²) in [5, 5.41) is 5.19. The van der Waals surface area contributed by atoms with Crippen LogP contribution in [0, 0.1) is 5.82 Å². The number of rotatable bonds is 9. The van der Waals surface area contributed by atoms with Gasteiger partial charge in [0.25, 0.3) is 0 Å². The molecule has 10 heteroatoms. The smallest absolute Gasteiger partial charge is 0.240 e. The number of nitrogens with zero attached hydrogens (tertiary/aromatic N) is 1. The van der Waals surface area contributed by atoms with Crippen LogP contribution in [0.2, 0.25) is 0 Å². The number of nitrogens with one attached hydrogen (secondary N) is 2. The van der Waals surface area contributed by atoms with Crippen LogP contribution in [0.1, 0.15) is 24.5 Å². The number of benzene rings is 2. The van der Waals surface area contributed by atoms with Crippen LogP contribution in [0.25, 0.3) is 0 Å². The van der Waals surface area contributed by atoms with Crippen molar-refractivity contribution in [3.8, 4) is 5.75 Å². The fourth-order valence-corrected chi connectivity index (χ4v) is 4.59. The predicted molar refractivity (Wildman–Crippen MR) is 117 cm³/mol. The normalized spacial score (nSPS) is 11.5. The number of thiazole rings is 1. The molecule has 0 fully saturated rings. The van der Waals surface area contributed by atoms with Crippen molar-refractivity contribution in [1.82, 2.24) is 9.71 Å². The summed E-state index contributed by atoms with van der Waals surface area (Å²) in [5.74, 6) is -0.0736. The molecule has 2 aromatic carbocycles. The first kappa shape index (κ1) is 22.9. The highest BCUT2D eigenvalue weighted by Crippen LogP contribution is 2.18. The van der Waals surface area contributed by atoms with Crippen molar-refractivity contribution in [1.29, 1.82) is 0 Å². The molecular weight excluding hydrogens is 441 g/mol. The van der Waals surface area contributed by atoms with E-state index in [0.717, 1.165) is 0 Å². The molecule has 2 N–H and O–H groups in total. The number of ether oxygens (including phenoxy) is 1. The summed E-state index contributed by atoms with van der Waals surface area (Å²) in [4.78, 5) is 16.8. The fraction of sp³-hybridized carbons (Fsp3) is 0.238. The van der Waals surface area contributed by atoms with E-state index in [1.54, 1.807) is 19.2 Å². The Kier molecular flexibility index (Phi) is 7.37. The number of hydrogen-bond donors (Lipinski definition) is 2. The minimum absolute atomic E-state index is 0.0714. The lowest BCUT2D eigenvalue weighted by Gasteiger charge is -2.10. The van der Waals surface area contributed by atoms with Gasteiger partial charge in [-0.3, -0.25) is 4.79 Å². The molecule has 0 spiro atoms. The molecular formula is C21H22FN3O4S2. The van der Waals surface area contributed by atoms with E-state index in [4.69, 9.17) is 4.74 Å². The van der Waals surface area contributed by atoms with E-state index < -0.39 is 10.0 Å². The van der Waals surface area contributed by atoms with E-state index in [9.17, 15) is 17.6 Å². The van der Waals surface area contributed by atoms with Gasteiger partial charge in [0, 0.05) is 17.1 Å². The van der Waals surface area contributed by atoms with E-state index in [0.29, 0.717) is 22.1 Å². The van der Waals surface area contributed by atoms with Crippen molar-refractivity contribution in [2.45, 2.75) is 37.8 Å². The Hall–Kier alpha value is -2.82. The van der Waals surface area contributed by atoms with E-state index in [1.807, 2.05) is 0 Å². The first-order valence-corrected chi connectivity index (χ1v) is 11.8. The Morgan fingerprint density at radius 1 is 1.13 bits per heavy atom. The Balaban J connectivity index is 1.52. The Bertz CT molecular complexity index is 1130. The van der Waals surface area contributed by atoms with Gasteiger partial charge in [0.05, 0.1) is 17.0 Å². The number of carbonyl (C=O) groups excluding carboxylic acids is 1. The third kappa shape index (κ3) is 6.84. The highest BCUT2D eigenvalue weighted by Gasteiger charge is 2.15. The molecule has 7 nitrogen and oxygen atoms in total. The SMILES string of the molecule is CC(C)NS(=O)(=O)c1ccc(NC(=O)Cc2csc(COc3ccc(F)cc3)n2)cc1. The number of hydrogen-bond acceptors (Lipinski definition) is 6. The van der Waals surface area contributed by atoms with Crippen LogP contribution in [0.15, 0.2) is 58.8 Å². The van der Waals surface area contributed by atoms with Crippen LogP contribution >= 0.6 is 11.3 Å². The molecule has 31 heavy (non-hydrogen) atoms. The maximum Gasteiger partial charge on any atom is 0.240 e. The van der Waals surface area contributed by atoms with Crippen molar-refractivity contribution >= 4 is 33.0 Å². The molecule has 3 rings (SSSR count). The summed E-state index contributed by atoms with van der Waals surface area (Å²) in [6.07, 6.45) is 0.0714. The molecule has 1 heterocycles. The molecule has 0 aliphatic rings. The van der Waals surface area contributed by atoms with Gasteiger partial charge >= 0.3 is 0 Å². The Morgan fingerprint density at radius 3 is 2.45 bits per heavy atom. The lowest BCUT2D eigenvalue weighted by molar-refractivity contribution is -0.115. The third-order valence-corrected chi connectivity index (χ3v) is 6.50. The van der Waals surface area contributed by atoms with Gasteiger partial charge in [-0.1, -0.05) is 0 Å². The average molecular weight is 464 g/mol. The number of sulfonamides is 1. The van der Waals surface area contributed by atoms with Gasteiger partial charge < -0.3 is 10.1 Å². The topological polar surface area (TPSA) is 97.4 Å². The molecule has 164 valence electrons. The van der Waals surface area contributed by atoms with Gasteiger partial charge in [0.1, 0.15) is 23.2 Å². The summed E-state index contributed by atoms with van der Waals surface area (Å²) in [5.41, 5.74) is 1.09. The Labute approximate surface area is 184 Å². The van der Waals surface area contributed by atoms with Crippen LogP contribution in [0.5, 0.6) is 5.75 Å². The van der Waals surface area contributed by atoms with Gasteiger partial charge in [0.2, 0.25) is 15.9 Å². The molecule has 0 aliphatic heterocycles. The molecule has 1 amide bonds. The third-order valence-electron chi connectivity index (χ3n) is 3.96. The minimum atomic E-state index is -3.58. The van der Waals surface area contributed by atoms with Crippen molar-refractivity contribution in [3.05, 3.63) is 70.4 Å². The largest absolute Gasteiger partial charge is 0.486 e. The maximum atomic E-state index is 12.9. The van der Waals surface area contributed by atoms with Crippen LogP contribution in [-0.2, 0) is 27.8 Å². The lowest BCUT2D eigenvalue weighted by atomic mass is 10.3. The predicted octanol–water partition coefficient (Wildman–Crippen LogP) is 3.73. The number of amides is 1. The van der Waals surface area contributed by atoms with Gasteiger partial charge in [-0.2, -0.15) is 0 Å². The van der Waals surface area contributed by atoms with E-state index in [-0.39, 0.29) is 35.7 Å². The van der Waals surface area contributed by atoms with Crippen LogP contribution in [0.3, 0.4) is 0 Å². The molecule has 0 unspecified atom stereocenters. The molecule has 0 saturated carbocycles. The minimum Gasteiger partial charge on any atom is -0.486 e. The maximum absolute atomic E-state index is 12.9. The van der Waals surface area contributed by atoms with Crippen LogP contribution in [-0.4, -0.2) is 25.4 Å². The van der Waals surface area contributed by atoms with Crippen molar-refractivity contribution in [2.24, 2.45) is 0 Å². The monoisotopic (exact) mass is 463 g/mol. The molecule has 0 atom stereocenters. The number of aromatic nitrogens is 1. The number of carbonyl (C=O) groups is 1. The molecule has 0 saturated heterocycles. The summed E-state index contributed by atoms with van der Waals surface area (Å²) in [7, 11) is -3.58. The van der Waals surface area contributed by atoms with E-state index in [2.05, 4.69) is 15.0 Å². The van der Waals surface area contributed by atoms with Crippen LogP contribution in [0.4, 0.5) is 10.1 Å². The zero-order chi connectivity index (χ0) is 22.4. The standard InChI is InChI=1S/C21H22FN3O4S2/c1-14(2)25-31(27,28)19-9-5-16(6-10-19)23-20(26)11-17-13-30-21(24-17)12-29-18-7-3-15(22)4-8-18/h3-10,13-14,25H,11-12H2,1-2H3,(H,23,26). The first-order chi connectivity index (χ1) is 14.7. The summed E-state index contributed by atoms with van der Waals surface area (Å²) in [6.45, 7) is 3.70. The van der Waals surface area contributed by atoms with E-state index >= 15 is 0 Å². The van der Waals surface area contributed by atoms with E-state index in [1.165, 1.54) is 59.9 Å². The fourth-order valence-electron chi connectivity index (χ4n) is 2.64. The summed E-state index contributed by atoms with van der Waals surface area (Å²) in [6, 6.07) is 11.4. The second-order valence-corrected chi connectivity index (χ2v) is 9.66. The van der Waals surface area contributed by atoms with Crippen molar-refractivity contribution < 1.29 is 22.3 Å². The van der Waals surface area contributed by atoms with Gasteiger partial charge in [0.15, 0.2) is 0 Å². The molecule has 0 radical (unpaired) electrons.